The van der Waals surface area contributed by atoms with E-state index in [-0.39, 0.29) is 30.0 Å². The lowest BCUT2D eigenvalue weighted by Crippen LogP contribution is -2.42. The molecule has 0 radical (unpaired) electrons. The van der Waals surface area contributed by atoms with Crippen molar-refractivity contribution in [2.45, 2.75) is 72.8 Å². The Morgan fingerprint density at radius 3 is 2.10 bits per heavy atom. The first-order valence-electron chi connectivity index (χ1n) is 14.0. The van der Waals surface area contributed by atoms with Crippen LogP contribution in [0.25, 0.3) is 0 Å². The van der Waals surface area contributed by atoms with Gasteiger partial charge in [0.05, 0.1) is 24.9 Å². The highest BCUT2D eigenvalue weighted by Crippen LogP contribution is 2.41. The second-order valence-electron chi connectivity index (χ2n) is 11.6. The van der Waals surface area contributed by atoms with Gasteiger partial charge in [-0.3, -0.25) is 4.79 Å². The van der Waals surface area contributed by atoms with Gasteiger partial charge in [0.1, 0.15) is 12.4 Å². The molecule has 1 heterocycles. The van der Waals surface area contributed by atoms with Crippen molar-refractivity contribution in [3.8, 4) is 5.75 Å². The lowest BCUT2D eigenvalue weighted by molar-refractivity contribution is -0.138. The largest absolute Gasteiger partial charge is 0.491 e. The Morgan fingerprint density at radius 2 is 1.56 bits per heavy atom. The number of hydrogen-bond acceptors (Lipinski definition) is 6. The number of nitrogens with zero attached hydrogens (tertiary/aromatic N) is 1. The average Bonchev–Trinajstić information content (AvgIpc) is 2.92. The third kappa shape index (κ3) is 7.20. The number of aryl methyl sites for hydroxylation is 2. The number of amides is 1. The van der Waals surface area contributed by atoms with E-state index in [2.05, 4.69) is 32.0 Å². The molecule has 2 aromatic rings. The first-order valence-corrected chi connectivity index (χ1v) is 14.0. The zero-order chi connectivity index (χ0) is 28.8. The molecule has 0 saturated carbocycles. The molecular weight excluding hydrogens is 494 g/mol. The molecule has 3 rings (SSSR count). The van der Waals surface area contributed by atoms with Gasteiger partial charge >= 0.3 is 5.97 Å². The molecule has 1 saturated heterocycles. The highest BCUT2D eigenvalue weighted by molar-refractivity contribution is 5.92. The average molecular weight is 540 g/mol. The Bertz CT molecular complexity index is 1140. The number of rotatable bonds is 10. The number of hydrogen-bond donors (Lipinski definition) is 1. The minimum Gasteiger partial charge on any atom is -0.491 e. The summed E-state index contributed by atoms with van der Waals surface area (Å²) in [6, 6.07) is 12.1. The fraction of sp³-hybridized carbons (Fsp3) is 0.562. The number of ether oxygens (including phenoxy) is 3. The second kappa shape index (κ2) is 13.0. The first-order chi connectivity index (χ1) is 18.4. The van der Waals surface area contributed by atoms with Gasteiger partial charge in [-0.05, 0) is 66.5 Å². The van der Waals surface area contributed by atoms with E-state index in [1.54, 1.807) is 4.90 Å². The molecule has 39 heavy (non-hydrogen) atoms. The molecule has 0 aromatic heterocycles. The highest BCUT2D eigenvalue weighted by atomic mass is 16.5. The lowest BCUT2D eigenvalue weighted by atomic mass is 9.70. The Morgan fingerprint density at radius 1 is 0.974 bits per heavy atom. The van der Waals surface area contributed by atoms with Crippen LogP contribution in [0.5, 0.6) is 5.75 Å². The molecule has 1 aliphatic heterocycles. The SMILES string of the molecule is CCC(CC)(c1ccc(OCC(O)C(C)(C)C)c(C)c1)c1ccc(C(=O)OCC(=O)N2CCOCC2)c(C)c1. The van der Waals surface area contributed by atoms with Crippen molar-refractivity contribution < 1.29 is 28.9 Å². The number of carbonyl (C=O) groups is 2. The summed E-state index contributed by atoms with van der Waals surface area (Å²) >= 11 is 0. The van der Waals surface area contributed by atoms with E-state index in [1.165, 1.54) is 5.56 Å². The molecule has 1 atom stereocenters. The summed E-state index contributed by atoms with van der Waals surface area (Å²) in [5.74, 6) is 0.0747. The van der Waals surface area contributed by atoms with Crippen molar-refractivity contribution in [3.63, 3.8) is 0 Å². The van der Waals surface area contributed by atoms with E-state index in [9.17, 15) is 14.7 Å². The maximum absolute atomic E-state index is 12.8. The molecule has 1 aliphatic rings. The van der Waals surface area contributed by atoms with Crippen molar-refractivity contribution in [1.29, 1.82) is 0 Å². The van der Waals surface area contributed by atoms with Crippen LogP contribution in [0.2, 0.25) is 0 Å². The van der Waals surface area contributed by atoms with Crippen LogP contribution in [0.1, 0.15) is 80.1 Å². The molecule has 7 nitrogen and oxygen atoms in total. The Balaban J connectivity index is 1.77. The summed E-state index contributed by atoms with van der Waals surface area (Å²) in [7, 11) is 0. The lowest BCUT2D eigenvalue weighted by Gasteiger charge is -2.34. The zero-order valence-electron chi connectivity index (χ0n) is 24.6. The van der Waals surface area contributed by atoms with Crippen LogP contribution in [0.15, 0.2) is 36.4 Å². The van der Waals surface area contributed by atoms with Crippen LogP contribution in [-0.4, -0.2) is 67.5 Å². The molecule has 7 heteroatoms. The van der Waals surface area contributed by atoms with Crippen LogP contribution >= 0.6 is 0 Å². The summed E-state index contributed by atoms with van der Waals surface area (Å²) in [6.45, 7) is 16.3. The number of esters is 1. The van der Waals surface area contributed by atoms with Gasteiger partial charge in [0.2, 0.25) is 0 Å². The van der Waals surface area contributed by atoms with E-state index in [4.69, 9.17) is 14.2 Å². The van der Waals surface area contributed by atoms with E-state index in [0.717, 1.165) is 35.3 Å². The smallest absolute Gasteiger partial charge is 0.338 e. The van der Waals surface area contributed by atoms with Gasteiger partial charge in [-0.25, -0.2) is 4.79 Å². The normalized spacial score (nSPS) is 15.1. The quantitative estimate of drug-likeness (QED) is 0.417. The van der Waals surface area contributed by atoms with Crippen LogP contribution in [-0.2, 0) is 19.7 Å². The van der Waals surface area contributed by atoms with Gasteiger partial charge in [0.15, 0.2) is 6.61 Å². The molecule has 0 aliphatic carbocycles. The molecule has 1 fully saturated rings. The predicted octanol–water partition coefficient (Wildman–Crippen LogP) is 5.21. The van der Waals surface area contributed by atoms with Gasteiger partial charge in [0, 0.05) is 18.5 Å². The number of aliphatic hydroxyl groups excluding tert-OH is 1. The fourth-order valence-corrected chi connectivity index (χ4v) is 5.06. The molecule has 2 aromatic carbocycles. The van der Waals surface area contributed by atoms with E-state index in [0.29, 0.717) is 31.9 Å². The van der Waals surface area contributed by atoms with Crippen LogP contribution < -0.4 is 4.74 Å². The molecule has 1 unspecified atom stereocenters. The summed E-state index contributed by atoms with van der Waals surface area (Å²) < 4.78 is 16.6. The highest BCUT2D eigenvalue weighted by Gasteiger charge is 2.32. The van der Waals surface area contributed by atoms with Gasteiger partial charge < -0.3 is 24.2 Å². The molecule has 0 spiro atoms. The summed E-state index contributed by atoms with van der Waals surface area (Å²) in [4.78, 5) is 26.9. The second-order valence-corrected chi connectivity index (χ2v) is 11.6. The maximum atomic E-state index is 12.8. The Kier molecular flexibility index (Phi) is 10.2. The van der Waals surface area contributed by atoms with Crippen molar-refractivity contribution in [3.05, 3.63) is 64.2 Å². The van der Waals surface area contributed by atoms with Gasteiger partial charge in [-0.2, -0.15) is 0 Å². The molecule has 1 N–H and O–H groups in total. The van der Waals surface area contributed by atoms with Crippen molar-refractivity contribution in [2.75, 3.05) is 39.5 Å². The van der Waals surface area contributed by atoms with E-state index < -0.39 is 12.1 Å². The molecule has 0 bridgehead atoms. The number of carbonyl (C=O) groups excluding carboxylic acids is 2. The standard InChI is InChI=1S/C32H45NO6/c1-8-32(9-2,25-11-13-27(23(4)19-25)38-20-28(34)31(5,6)7)24-10-12-26(22(3)18-24)30(36)39-21-29(35)33-14-16-37-17-15-33/h10-13,18-19,28,34H,8-9,14-17,20-21H2,1-7H3. The summed E-state index contributed by atoms with van der Waals surface area (Å²) in [5.41, 5.74) is 4.11. The minimum absolute atomic E-state index is 0.201. The monoisotopic (exact) mass is 539 g/mol. The third-order valence-corrected chi connectivity index (χ3v) is 8.02. The fourth-order valence-electron chi connectivity index (χ4n) is 5.06. The third-order valence-electron chi connectivity index (χ3n) is 8.02. The van der Waals surface area contributed by atoms with Gasteiger partial charge in [0.25, 0.3) is 5.91 Å². The Hall–Kier alpha value is -2.90. The van der Waals surface area contributed by atoms with Crippen molar-refractivity contribution in [1.82, 2.24) is 4.90 Å². The topological polar surface area (TPSA) is 85.3 Å². The Labute approximate surface area is 233 Å². The number of morpholine rings is 1. The van der Waals surface area contributed by atoms with Crippen LogP contribution in [0, 0.1) is 19.3 Å². The zero-order valence-corrected chi connectivity index (χ0v) is 24.6. The minimum atomic E-state index is -0.562. The van der Waals surface area contributed by atoms with Crippen LogP contribution in [0.3, 0.4) is 0 Å². The molecule has 1 amide bonds. The van der Waals surface area contributed by atoms with E-state index in [1.807, 2.05) is 52.8 Å². The molecule has 214 valence electrons. The van der Waals surface area contributed by atoms with Crippen molar-refractivity contribution >= 4 is 11.9 Å². The van der Waals surface area contributed by atoms with Crippen molar-refractivity contribution in [2.24, 2.45) is 5.41 Å². The maximum Gasteiger partial charge on any atom is 0.338 e. The first kappa shape index (κ1) is 30.6. The van der Waals surface area contributed by atoms with Crippen LogP contribution in [0.4, 0.5) is 0 Å². The number of aliphatic hydroxyl groups is 1. The molecular formula is C32H45NO6. The summed E-state index contributed by atoms with van der Waals surface area (Å²) in [5, 5.41) is 10.4. The predicted molar refractivity (Wildman–Crippen MR) is 152 cm³/mol. The van der Waals surface area contributed by atoms with Gasteiger partial charge in [-0.15, -0.1) is 0 Å². The summed E-state index contributed by atoms with van der Waals surface area (Å²) in [6.07, 6.45) is 1.19. The van der Waals surface area contributed by atoms with Gasteiger partial charge in [-0.1, -0.05) is 58.9 Å². The van der Waals surface area contributed by atoms with E-state index >= 15 is 0 Å². The number of benzene rings is 2.